The molecular weight excluding hydrogens is 390 g/mol. The maximum atomic E-state index is 12.6. The van der Waals surface area contributed by atoms with Gasteiger partial charge in [0.1, 0.15) is 11.8 Å². The predicted octanol–water partition coefficient (Wildman–Crippen LogP) is 3.31. The number of rotatable bonds is 8. The highest BCUT2D eigenvalue weighted by Crippen LogP contribution is 2.25. The second-order valence-electron chi connectivity index (χ2n) is 6.92. The Morgan fingerprint density at radius 1 is 1.10 bits per heavy atom. The van der Waals surface area contributed by atoms with Gasteiger partial charge in [0.15, 0.2) is 0 Å². The molecule has 7 nitrogen and oxygen atoms in total. The molecule has 2 N–H and O–H groups in total. The number of anilines is 2. The van der Waals surface area contributed by atoms with Crippen LogP contribution in [0.4, 0.5) is 11.4 Å². The summed E-state index contributed by atoms with van der Waals surface area (Å²) in [6.07, 6.45) is 1.79. The van der Waals surface area contributed by atoms with E-state index < -0.39 is 16.1 Å². The molecule has 0 saturated carbocycles. The molecule has 1 unspecified atom stereocenters. The highest BCUT2D eigenvalue weighted by atomic mass is 32.2. The molecule has 1 aliphatic heterocycles. The van der Waals surface area contributed by atoms with E-state index in [9.17, 15) is 13.2 Å². The van der Waals surface area contributed by atoms with Crippen LogP contribution in [0.3, 0.4) is 0 Å². The van der Waals surface area contributed by atoms with Gasteiger partial charge >= 0.3 is 0 Å². The average Bonchev–Trinajstić information content (AvgIpc) is 3.26. The van der Waals surface area contributed by atoms with Crippen molar-refractivity contribution in [1.82, 2.24) is 4.31 Å². The maximum absolute atomic E-state index is 12.6. The number of nitrogens with zero attached hydrogens (tertiary/aromatic N) is 1. The van der Waals surface area contributed by atoms with E-state index in [1.165, 1.54) is 16.4 Å². The monoisotopic (exact) mass is 417 g/mol. The van der Waals surface area contributed by atoms with Gasteiger partial charge in [-0.1, -0.05) is 12.1 Å². The lowest BCUT2D eigenvalue weighted by Gasteiger charge is -2.18. The van der Waals surface area contributed by atoms with Crippen molar-refractivity contribution in [2.24, 2.45) is 0 Å². The van der Waals surface area contributed by atoms with Crippen LogP contribution in [0.2, 0.25) is 0 Å². The molecule has 1 saturated heterocycles. The van der Waals surface area contributed by atoms with Crippen molar-refractivity contribution in [3.63, 3.8) is 0 Å². The number of nitrogens with one attached hydrogen (secondary N) is 2. The number of carbonyl (C=O) groups excluding carboxylic acids is 1. The molecule has 8 heteroatoms. The zero-order valence-electron chi connectivity index (χ0n) is 16.7. The summed E-state index contributed by atoms with van der Waals surface area (Å²) >= 11 is 0. The minimum Gasteiger partial charge on any atom is -0.492 e. The van der Waals surface area contributed by atoms with Crippen molar-refractivity contribution in [1.29, 1.82) is 0 Å². The van der Waals surface area contributed by atoms with Crippen LogP contribution < -0.4 is 15.4 Å². The van der Waals surface area contributed by atoms with Gasteiger partial charge in [-0.2, -0.15) is 4.31 Å². The van der Waals surface area contributed by atoms with E-state index in [4.69, 9.17) is 4.74 Å². The summed E-state index contributed by atoms with van der Waals surface area (Å²) in [6.45, 7) is 5.32. The van der Waals surface area contributed by atoms with E-state index >= 15 is 0 Å². The predicted molar refractivity (Wildman–Crippen MR) is 114 cm³/mol. The molecular formula is C21H27N3O4S. The van der Waals surface area contributed by atoms with E-state index in [1.54, 1.807) is 19.1 Å². The molecule has 0 aromatic heterocycles. The highest BCUT2D eigenvalue weighted by Gasteiger charge is 2.27. The van der Waals surface area contributed by atoms with Crippen LogP contribution in [0, 0.1) is 0 Å². The van der Waals surface area contributed by atoms with Crippen LogP contribution >= 0.6 is 0 Å². The normalized spacial score (nSPS) is 15.7. The first kappa shape index (κ1) is 21.1. The van der Waals surface area contributed by atoms with Crippen LogP contribution in [0.25, 0.3) is 0 Å². The van der Waals surface area contributed by atoms with Crippen molar-refractivity contribution in [3.8, 4) is 5.75 Å². The third kappa shape index (κ3) is 5.07. The second-order valence-corrected chi connectivity index (χ2v) is 8.86. The fourth-order valence-corrected chi connectivity index (χ4v) is 4.72. The molecule has 1 aliphatic rings. The summed E-state index contributed by atoms with van der Waals surface area (Å²) in [5.74, 6) is 0.456. The van der Waals surface area contributed by atoms with Gasteiger partial charge in [0.05, 0.1) is 17.2 Å². The van der Waals surface area contributed by atoms with Gasteiger partial charge in [-0.25, -0.2) is 8.42 Å². The van der Waals surface area contributed by atoms with E-state index in [1.807, 2.05) is 31.2 Å². The molecule has 1 fully saturated rings. The van der Waals surface area contributed by atoms with Gasteiger partial charge in [-0.05, 0) is 63.1 Å². The molecule has 156 valence electrons. The molecule has 1 atom stereocenters. The number of amides is 1. The summed E-state index contributed by atoms with van der Waals surface area (Å²) in [4.78, 5) is 12.8. The molecule has 0 spiro atoms. The number of sulfonamides is 1. The number of carbonyl (C=O) groups is 1. The van der Waals surface area contributed by atoms with Crippen LogP contribution in [0.1, 0.15) is 26.7 Å². The van der Waals surface area contributed by atoms with Crippen molar-refractivity contribution in [3.05, 3.63) is 48.5 Å². The maximum Gasteiger partial charge on any atom is 0.246 e. The molecule has 0 radical (unpaired) electrons. The number of hydrogen-bond donors (Lipinski definition) is 2. The van der Waals surface area contributed by atoms with Gasteiger partial charge in [-0.3, -0.25) is 4.79 Å². The number of ether oxygens (including phenoxy) is 1. The van der Waals surface area contributed by atoms with Crippen LogP contribution in [0.5, 0.6) is 5.75 Å². The van der Waals surface area contributed by atoms with Crippen LogP contribution in [-0.2, 0) is 14.8 Å². The summed E-state index contributed by atoms with van der Waals surface area (Å²) in [5.41, 5.74) is 1.28. The van der Waals surface area contributed by atoms with Crippen molar-refractivity contribution in [2.45, 2.75) is 37.6 Å². The Kier molecular flexibility index (Phi) is 6.76. The average molecular weight is 418 g/mol. The Hall–Kier alpha value is -2.58. The molecule has 29 heavy (non-hydrogen) atoms. The Balaban J connectivity index is 1.63. The van der Waals surface area contributed by atoms with E-state index in [0.29, 0.717) is 31.1 Å². The van der Waals surface area contributed by atoms with Gasteiger partial charge in [0.25, 0.3) is 0 Å². The van der Waals surface area contributed by atoms with Gasteiger partial charge in [0.2, 0.25) is 15.9 Å². The van der Waals surface area contributed by atoms with E-state index in [-0.39, 0.29) is 10.8 Å². The summed E-state index contributed by atoms with van der Waals surface area (Å²) in [5, 5.41) is 5.96. The van der Waals surface area contributed by atoms with Crippen LogP contribution in [0.15, 0.2) is 53.4 Å². The van der Waals surface area contributed by atoms with E-state index in [2.05, 4.69) is 10.6 Å². The fourth-order valence-electron chi connectivity index (χ4n) is 3.20. The van der Waals surface area contributed by atoms with Crippen molar-refractivity contribution < 1.29 is 17.9 Å². The minimum atomic E-state index is -3.46. The summed E-state index contributed by atoms with van der Waals surface area (Å²) in [7, 11) is -3.46. The van der Waals surface area contributed by atoms with Crippen molar-refractivity contribution in [2.75, 3.05) is 30.3 Å². The van der Waals surface area contributed by atoms with Gasteiger partial charge in [0, 0.05) is 18.8 Å². The lowest BCUT2D eigenvalue weighted by atomic mass is 10.2. The third-order valence-electron chi connectivity index (χ3n) is 4.78. The Morgan fingerprint density at radius 3 is 2.41 bits per heavy atom. The molecule has 3 rings (SSSR count). The number of benzene rings is 2. The van der Waals surface area contributed by atoms with Gasteiger partial charge < -0.3 is 15.4 Å². The Morgan fingerprint density at radius 2 is 1.76 bits per heavy atom. The topological polar surface area (TPSA) is 87.7 Å². The molecule has 0 bridgehead atoms. The highest BCUT2D eigenvalue weighted by molar-refractivity contribution is 7.89. The standard InChI is InChI=1S/C21H27N3O4S/c1-3-28-20-9-5-4-8-19(20)22-16(2)21(25)23-17-10-12-18(13-11-17)29(26,27)24-14-6-7-15-24/h4-5,8-13,16,22H,3,6-7,14-15H2,1-2H3,(H,23,25). The smallest absolute Gasteiger partial charge is 0.246 e. The lowest BCUT2D eigenvalue weighted by molar-refractivity contribution is -0.116. The first-order chi connectivity index (χ1) is 13.9. The zero-order valence-corrected chi connectivity index (χ0v) is 17.5. The summed E-state index contributed by atoms with van der Waals surface area (Å²) in [6, 6.07) is 13.2. The number of hydrogen-bond acceptors (Lipinski definition) is 5. The van der Waals surface area contributed by atoms with Crippen molar-refractivity contribution >= 4 is 27.3 Å². The van der Waals surface area contributed by atoms with Crippen LogP contribution in [-0.4, -0.2) is 44.4 Å². The summed E-state index contributed by atoms with van der Waals surface area (Å²) < 4.78 is 32.2. The Labute approximate surface area is 172 Å². The first-order valence-corrected chi connectivity index (χ1v) is 11.2. The zero-order chi connectivity index (χ0) is 20.9. The minimum absolute atomic E-state index is 0.230. The lowest BCUT2D eigenvalue weighted by Crippen LogP contribution is -2.32. The molecule has 2 aromatic carbocycles. The molecule has 1 amide bonds. The van der Waals surface area contributed by atoms with Gasteiger partial charge in [-0.15, -0.1) is 0 Å². The number of para-hydroxylation sites is 2. The molecule has 0 aliphatic carbocycles. The Bertz CT molecular complexity index is 939. The SMILES string of the molecule is CCOc1ccccc1NC(C)C(=O)Nc1ccc(S(=O)(=O)N2CCCC2)cc1. The third-order valence-corrected chi connectivity index (χ3v) is 6.69. The molecule has 2 aromatic rings. The molecule has 1 heterocycles. The van der Waals surface area contributed by atoms with E-state index in [0.717, 1.165) is 18.5 Å². The quantitative estimate of drug-likeness (QED) is 0.688. The first-order valence-electron chi connectivity index (χ1n) is 9.81. The largest absolute Gasteiger partial charge is 0.492 e. The second kappa shape index (κ2) is 9.28. The fraction of sp³-hybridized carbons (Fsp3) is 0.381.